The van der Waals surface area contributed by atoms with Crippen LogP contribution in [0.25, 0.3) is 10.2 Å². The zero-order valence-corrected chi connectivity index (χ0v) is 13.7. The summed E-state index contributed by atoms with van der Waals surface area (Å²) in [7, 11) is 0. The summed E-state index contributed by atoms with van der Waals surface area (Å²) < 4.78 is 0. The van der Waals surface area contributed by atoms with Crippen LogP contribution >= 0.6 is 11.3 Å². The number of aromatic nitrogens is 2. The quantitative estimate of drug-likeness (QED) is 0.439. The van der Waals surface area contributed by atoms with Crippen molar-refractivity contribution >= 4 is 38.8 Å². The lowest BCUT2D eigenvalue weighted by atomic mass is 10.1. The first-order chi connectivity index (χ1) is 11.2. The molecule has 2 aromatic heterocycles. The van der Waals surface area contributed by atoms with Crippen LogP contribution in [0.15, 0.2) is 35.7 Å². The summed E-state index contributed by atoms with van der Waals surface area (Å²) in [5.41, 5.74) is 12.9. The summed E-state index contributed by atoms with van der Waals surface area (Å²) in [6.07, 6.45) is 5.09. The topological polar surface area (TPSA) is 76.2 Å². The number of hydrogen-bond acceptors (Lipinski definition) is 6. The minimum Gasteiger partial charge on any atom is -0.399 e. The number of nitrogens with two attached hydrogens (primary N) is 1. The Labute approximate surface area is 138 Å². The predicted octanol–water partition coefficient (Wildman–Crippen LogP) is 3.60. The van der Waals surface area contributed by atoms with Gasteiger partial charge in [0.15, 0.2) is 5.82 Å². The Kier molecular flexibility index (Phi) is 3.46. The van der Waals surface area contributed by atoms with Crippen molar-refractivity contribution in [1.82, 2.24) is 9.97 Å². The second kappa shape index (κ2) is 5.62. The molecule has 2 heterocycles. The Morgan fingerprint density at radius 1 is 1.22 bits per heavy atom. The van der Waals surface area contributed by atoms with Crippen LogP contribution < -0.4 is 11.2 Å². The van der Waals surface area contributed by atoms with Gasteiger partial charge in [-0.25, -0.2) is 9.97 Å². The lowest BCUT2D eigenvalue weighted by molar-refractivity contribution is 0.917. The van der Waals surface area contributed by atoms with E-state index in [0.29, 0.717) is 0 Å². The van der Waals surface area contributed by atoms with E-state index >= 15 is 0 Å². The summed E-state index contributed by atoms with van der Waals surface area (Å²) in [6.45, 7) is 1.97. The van der Waals surface area contributed by atoms with Gasteiger partial charge in [0.25, 0.3) is 0 Å². The van der Waals surface area contributed by atoms with Gasteiger partial charge >= 0.3 is 0 Å². The number of rotatable bonds is 3. The Hall–Kier alpha value is -2.47. The van der Waals surface area contributed by atoms with Crippen LogP contribution in [0.5, 0.6) is 0 Å². The first-order valence-electron chi connectivity index (χ1n) is 7.64. The molecule has 1 aliphatic rings. The molecule has 0 amide bonds. The largest absolute Gasteiger partial charge is 0.399 e. The van der Waals surface area contributed by atoms with Crippen molar-refractivity contribution in [2.24, 2.45) is 5.10 Å². The number of aryl methyl sites for hydroxylation is 2. The van der Waals surface area contributed by atoms with E-state index in [0.717, 1.165) is 45.8 Å². The third-order valence-corrected chi connectivity index (χ3v) is 5.36. The fourth-order valence-electron chi connectivity index (χ4n) is 2.94. The van der Waals surface area contributed by atoms with Crippen LogP contribution in [0.3, 0.4) is 0 Å². The van der Waals surface area contributed by atoms with Gasteiger partial charge in [0.1, 0.15) is 11.2 Å². The van der Waals surface area contributed by atoms with Crippen molar-refractivity contribution in [2.75, 3.05) is 11.2 Å². The SMILES string of the molecule is C/C(=N/Nc1ncnc2sc3c(c12)CCC3)c1ccc(N)cc1. The number of nitrogens with zero attached hydrogens (tertiary/aromatic N) is 3. The third-order valence-electron chi connectivity index (χ3n) is 4.16. The average Bonchev–Trinajstić information content (AvgIpc) is 3.14. The highest BCUT2D eigenvalue weighted by atomic mass is 32.1. The first kappa shape index (κ1) is 14.1. The van der Waals surface area contributed by atoms with E-state index in [1.165, 1.54) is 16.9 Å². The van der Waals surface area contributed by atoms with Crippen molar-refractivity contribution in [3.8, 4) is 0 Å². The summed E-state index contributed by atoms with van der Waals surface area (Å²) in [4.78, 5) is 11.3. The molecule has 23 heavy (non-hydrogen) atoms. The molecule has 0 aliphatic heterocycles. The van der Waals surface area contributed by atoms with Gasteiger partial charge in [-0.15, -0.1) is 11.3 Å². The number of fused-ring (bicyclic) bond motifs is 3. The number of thiophene rings is 1. The Morgan fingerprint density at radius 2 is 2.04 bits per heavy atom. The van der Waals surface area contributed by atoms with Gasteiger partial charge in [0.2, 0.25) is 0 Å². The van der Waals surface area contributed by atoms with E-state index in [4.69, 9.17) is 5.73 Å². The number of nitrogens with one attached hydrogen (secondary N) is 1. The van der Waals surface area contributed by atoms with Crippen LogP contribution in [-0.2, 0) is 12.8 Å². The van der Waals surface area contributed by atoms with Gasteiger partial charge in [-0.3, -0.25) is 5.43 Å². The first-order valence-corrected chi connectivity index (χ1v) is 8.45. The maximum absolute atomic E-state index is 5.72. The molecular weight excluding hydrogens is 306 g/mol. The number of hydrazone groups is 1. The monoisotopic (exact) mass is 323 g/mol. The molecule has 0 fully saturated rings. The number of hydrogen-bond donors (Lipinski definition) is 2. The van der Waals surface area contributed by atoms with E-state index in [1.807, 2.05) is 31.2 Å². The van der Waals surface area contributed by atoms with Crippen molar-refractivity contribution in [1.29, 1.82) is 0 Å². The van der Waals surface area contributed by atoms with Gasteiger partial charge in [-0.2, -0.15) is 5.10 Å². The minimum atomic E-state index is 0.751. The van der Waals surface area contributed by atoms with Crippen LogP contribution in [0.1, 0.15) is 29.3 Å². The van der Waals surface area contributed by atoms with Crippen LogP contribution in [0, 0.1) is 0 Å². The highest BCUT2D eigenvalue weighted by Gasteiger charge is 2.21. The van der Waals surface area contributed by atoms with Gasteiger partial charge in [-0.05, 0) is 49.4 Å². The van der Waals surface area contributed by atoms with Gasteiger partial charge in [-0.1, -0.05) is 12.1 Å². The van der Waals surface area contributed by atoms with Crippen LogP contribution in [-0.4, -0.2) is 15.7 Å². The lowest BCUT2D eigenvalue weighted by Crippen LogP contribution is -2.02. The van der Waals surface area contributed by atoms with Crippen molar-refractivity contribution in [3.05, 3.63) is 46.6 Å². The van der Waals surface area contributed by atoms with Gasteiger partial charge in [0.05, 0.1) is 11.1 Å². The molecule has 0 saturated carbocycles. The predicted molar refractivity (Wildman–Crippen MR) is 96.1 cm³/mol. The minimum absolute atomic E-state index is 0.751. The summed E-state index contributed by atoms with van der Waals surface area (Å²) in [6, 6.07) is 7.69. The summed E-state index contributed by atoms with van der Waals surface area (Å²) in [5.74, 6) is 0.796. The molecule has 0 saturated heterocycles. The molecule has 3 N–H and O–H groups in total. The molecule has 0 bridgehead atoms. The standard InChI is InChI=1S/C17H17N5S/c1-10(11-5-7-12(18)8-6-11)21-22-16-15-13-3-2-4-14(13)23-17(15)20-9-19-16/h5-9H,2-4,18H2,1H3,(H,19,20,22)/b21-10-. The molecule has 0 spiro atoms. The normalized spacial score (nSPS) is 14.2. The highest BCUT2D eigenvalue weighted by Crippen LogP contribution is 2.38. The fourth-order valence-corrected chi connectivity index (χ4v) is 4.17. The van der Waals surface area contributed by atoms with Crippen molar-refractivity contribution in [3.63, 3.8) is 0 Å². The summed E-state index contributed by atoms with van der Waals surface area (Å²) in [5, 5.41) is 5.63. The zero-order valence-electron chi connectivity index (χ0n) is 12.8. The smallest absolute Gasteiger partial charge is 0.158 e. The fraction of sp³-hybridized carbons (Fsp3) is 0.235. The molecule has 116 valence electrons. The molecule has 0 unspecified atom stereocenters. The molecule has 6 heteroatoms. The second-order valence-electron chi connectivity index (χ2n) is 5.69. The van der Waals surface area contributed by atoms with Crippen LogP contribution in [0.2, 0.25) is 0 Å². The maximum Gasteiger partial charge on any atom is 0.158 e. The third kappa shape index (κ3) is 2.55. The van der Waals surface area contributed by atoms with Gasteiger partial charge < -0.3 is 5.73 Å². The van der Waals surface area contributed by atoms with E-state index in [9.17, 15) is 0 Å². The Morgan fingerprint density at radius 3 is 2.87 bits per heavy atom. The highest BCUT2D eigenvalue weighted by molar-refractivity contribution is 7.19. The number of benzene rings is 1. The Bertz CT molecular complexity index is 895. The Balaban J connectivity index is 1.68. The zero-order chi connectivity index (χ0) is 15.8. The van der Waals surface area contributed by atoms with Crippen molar-refractivity contribution < 1.29 is 0 Å². The number of nitrogen functional groups attached to an aromatic ring is 1. The maximum atomic E-state index is 5.72. The molecular formula is C17H17N5S. The lowest BCUT2D eigenvalue weighted by Gasteiger charge is -2.05. The molecule has 0 atom stereocenters. The second-order valence-corrected chi connectivity index (χ2v) is 6.77. The molecule has 4 rings (SSSR count). The summed E-state index contributed by atoms with van der Waals surface area (Å²) >= 11 is 1.78. The molecule has 1 aromatic carbocycles. The molecule has 5 nitrogen and oxygen atoms in total. The average molecular weight is 323 g/mol. The molecule has 1 aliphatic carbocycles. The van der Waals surface area contributed by atoms with E-state index < -0.39 is 0 Å². The van der Waals surface area contributed by atoms with Crippen molar-refractivity contribution in [2.45, 2.75) is 26.2 Å². The van der Waals surface area contributed by atoms with E-state index in [1.54, 1.807) is 17.7 Å². The van der Waals surface area contributed by atoms with Gasteiger partial charge in [0, 0.05) is 10.6 Å². The molecule has 3 aromatic rings. The van der Waals surface area contributed by atoms with E-state index in [2.05, 4.69) is 20.5 Å². The number of anilines is 2. The van der Waals surface area contributed by atoms with E-state index in [-0.39, 0.29) is 0 Å². The molecule has 0 radical (unpaired) electrons. The van der Waals surface area contributed by atoms with Crippen LogP contribution in [0.4, 0.5) is 11.5 Å².